The summed E-state index contributed by atoms with van der Waals surface area (Å²) in [7, 11) is 0. The molecule has 0 spiro atoms. The van der Waals surface area contributed by atoms with Gasteiger partial charge in [0.1, 0.15) is 0 Å². The molecule has 0 radical (unpaired) electrons. The number of nitrogens with zero attached hydrogens (tertiary/aromatic N) is 2. The largest absolute Gasteiger partial charge is 0.310 e. The molecule has 100 valence electrons. The third-order valence-corrected chi connectivity index (χ3v) is 3.79. The fraction of sp³-hybridized carbons (Fsp3) is 0.333. The zero-order valence-corrected chi connectivity index (χ0v) is 12.2. The molecule has 19 heavy (non-hydrogen) atoms. The van der Waals surface area contributed by atoms with Gasteiger partial charge in [0, 0.05) is 23.3 Å². The van der Waals surface area contributed by atoms with Gasteiger partial charge in [0.25, 0.3) is 0 Å². The third-order valence-electron chi connectivity index (χ3n) is 2.89. The van der Waals surface area contributed by atoms with E-state index < -0.39 is 0 Å². The normalized spacial score (nSPS) is 12.3. The minimum atomic E-state index is 0.442. The summed E-state index contributed by atoms with van der Waals surface area (Å²) in [6, 6.07) is 10.9. The molecule has 0 aliphatic heterocycles. The first-order valence-electron chi connectivity index (χ1n) is 6.61. The van der Waals surface area contributed by atoms with E-state index in [-0.39, 0.29) is 0 Å². The van der Waals surface area contributed by atoms with Crippen LogP contribution in [-0.2, 0) is 0 Å². The molecule has 3 nitrogen and oxygen atoms in total. The standard InChI is InChI=1S/C15H19N3S/c1-3-14(16-4-2)12-6-8-13(9-7-12)19-15-17-10-5-11-18-15/h5-11,14,16H,3-4H2,1-2H3. The Morgan fingerprint density at radius 3 is 2.37 bits per heavy atom. The van der Waals surface area contributed by atoms with Gasteiger partial charge in [-0.15, -0.1) is 0 Å². The molecule has 0 bridgehead atoms. The van der Waals surface area contributed by atoms with E-state index >= 15 is 0 Å². The van der Waals surface area contributed by atoms with Crippen LogP contribution in [0.1, 0.15) is 31.9 Å². The molecule has 1 aromatic carbocycles. The maximum absolute atomic E-state index is 4.22. The molecule has 0 saturated carbocycles. The molecule has 1 heterocycles. The Bertz CT molecular complexity index is 485. The van der Waals surface area contributed by atoms with Crippen molar-refractivity contribution < 1.29 is 0 Å². The van der Waals surface area contributed by atoms with Crippen LogP contribution >= 0.6 is 11.8 Å². The molecule has 1 unspecified atom stereocenters. The van der Waals surface area contributed by atoms with Gasteiger partial charge in [-0.1, -0.05) is 26.0 Å². The molecule has 4 heteroatoms. The predicted molar refractivity (Wildman–Crippen MR) is 79.3 cm³/mol. The molecular weight excluding hydrogens is 254 g/mol. The second-order valence-electron chi connectivity index (χ2n) is 4.22. The minimum absolute atomic E-state index is 0.442. The number of hydrogen-bond acceptors (Lipinski definition) is 4. The molecule has 0 saturated heterocycles. The van der Waals surface area contributed by atoms with Gasteiger partial charge in [0.05, 0.1) is 0 Å². The van der Waals surface area contributed by atoms with Crippen LogP contribution in [0.15, 0.2) is 52.8 Å². The third kappa shape index (κ3) is 4.04. The van der Waals surface area contributed by atoms with Crippen molar-refractivity contribution >= 4 is 11.8 Å². The van der Waals surface area contributed by atoms with Gasteiger partial charge in [0.2, 0.25) is 0 Å². The number of hydrogen-bond donors (Lipinski definition) is 1. The Kier molecular flexibility index (Phi) is 5.36. The van der Waals surface area contributed by atoms with Gasteiger partial charge in [-0.2, -0.15) is 0 Å². The molecule has 0 aliphatic carbocycles. The first-order chi connectivity index (χ1) is 9.33. The van der Waals surface area contributed by atoms with E-state index in [1.165, 1.54) is 10.5 Å². The van der Waals surface area contributed by atoms with Gasteiger partial charge >= 0.3 is 0 Å². The lowest BCUT2D eigenvalue weighted by Crippen LogP contribution is -2.19. The van der Waals surface area contributed by atoms with E-state index in [2.05, 4.69) is 53.4 Å². The van der Waals surface area contributed by atoms with Crippen molar-refractivity contribution in [1.82, 2.24) is 15.3 Å². The highest BCUT2D eigenvalue weighted by Gasteiger charge is 2.07. The van der Waals surface area contributed by atoms with Crippen molar-refractivity contribution in [2.24, 2.45) is 0 Å². The molecule has 1 atom stereocenters. The average Bonchev–Trinajstić information content (AvgIpc) is 2.47. The highest BCUT2D eigenvalue weighted by molar-refractivity contribution is 7.99. The summed E-state index contributed by atoms with van der Waals surface area (Å²) >= 11 is 1.59. The fourth-order valence-electron chi connectivity index (χ4n) is 1.96. The van der Waals surface area contributed by atoms with Crippen LogP contribution in [0.5, 0.6) is 0 Å². The zero-order chi connectivity index (χ0) is 13.5. The monoisotopic (exact) mass is 273 g/mol. The Hall–Kier alpha value is -1.39. The van der Waals surface area contributed by atoms with Crippen LogP contribution < -0.4 is 5.32 Å². The van der Waals surface area contributed by atoms with E-state index in [9.17, 15) is 0 Å². The molecule has 1 N–H and O–H groups in total. The summed E-state index contributed by atoms with van der Waals surface area (Å²) in [5.41, 5.74) is 1.34. The van der Waals surface area contributed by atoms with Gasteiger partial charge in [-0.25, -0.2) is 9.97 Å². The summed E-state index contributed by atoms with van der Waals surface area (Å²) < 4.78 is 0. The molecule has 2 aromatic rings. The first-order valence-corrected chi connectivity index (χ1v) is 7.43. The summed E-state index contributed by atoms with van der Waals surface area (Å²) in [5.74, 6) is 0. The van der Waals surface area contributed by atoms with Gasteiger partial charge in [-0.3, -0.25) is 0 Å². The van der Waals surface area contributed by atoms with E-state index in [0.29, 0.717) is 6.04 Å². The SMILES string of the molecule is CCNC(CC)c1ccc(Sc2ncccn2)cc1. The number of aromatic nitrogens is 2. The number of rotatable bonds is 6. The topological polar surface area (TPSA) is 37.8 Å². The molecule has 1 aromatic heterocycles. The maximum Gasteiger partial charge on any atom is 0.192 e. The number of nitrogens with one attached hydrogen (secondary N) is 1. The van der Waals surface area contributed by atoms with Gasteiger partial charge < -0.3 is 5.32 Å². The smallest absolute Gasteiger partial charge is 0.192 e. The van der Waals surface area contributed by atoms with E-state index in [4.69, 9.17) is 0 Å². The quantitative estimate of drug-likeness (QED) is 0.815. The minimum Gasteiger partial charge on any atom is -0.310 e. The lowest BCUT2D eigenvalue weighted by molar-refractivity contribution is 0.537. The number of benzene rings is 1. The van der Waals surface area contributed by atoms with Crippen molar-refractivity contribution in [3.63, 3.8) is 0 Å². The van der Waals surface area contributed by atoms with Crippen molar-refractivity contribution in [2.45, 2.75) is 36.4 Å². The van der Waals surface area contributed by atoms with Crippen molar-refractivity contribution in [2.75, 3.05) is 6.54 Å². The van der Waals surface area contributed by atoms with Crippen LogP contribution in [0, 0.1) is 0 Å². The van der Waals surface area contributed by atoms with E-state index in [1.54, 1.807) is 24.2 Å². The summed E-state index contributed by atoms with van der Waals surface area (Å²) in [6.45, 7) is 5.33. The molecule has 0 amide bonds. The first kappa shape index (κ1) is 14.0. The predicted octanol–water partition coefficient (Wildman–Crippen LogP) is 3.69. The van der Waals surface area contributed by atoms with Crippen molar-refractivity contribution in [1.29, 1.82) is 0 Å². The summed E-state index contributed by atoms with van der Waals surface area (Å²) in [5, 5.41) is 4.27. The zero-order valence-electron chi connectivity index (χ0n) is 11.3. The summed E-state index contributed by atoms with van der Waals surface area (Å²) in [4.78, 5) is 9.60. The maximum atomic E-state index is 4.22. The highest BCUT2D eigenvalue weighted by atomic mass is 32.2. The average molecular weight is 273 g/mol. The van der Waals surface area contributed by atoms with Gasteiger partial charge in [-0.05, 0) is 48.5 Å². The Balaban J connectivity index is 2.06. The van der Waals surface area contributed by atoms with E-state index in [0.717, 1.165) is 18.1 Å². The molecule has 0 aliphatic rings. The molecular formula is C15H19N3S. The van der Waals surface area contributed by atoms with Gasteiger partial charge in [0.15, 0.2) is 5.16 Å². The Morgan fingerprint density at radius 2 is 1.79 bits per heavy atom. The van der Waals surface area contributed by atoms with E-state index in [1.807, 2.05) is 6.07 Å². The lowest BCUT2D eigenvalue weighted by atomic mass is 10.1. The summed E-state index contributed by atoms with van der Waals surface area (Å²) in [6.07, 6.45) is 4.63. The second-order valence-corrected chi connectivity index (χ2v) is 5.26. The fourth-order valence-corrected chi connectivity index (χ4v) is 2.67. The second kappa shape index (κ2) is 7.26. The van der Waals surface area contributed by atoms with Crippen LogP contribution in [0.25, 0.3) is 0 Å². The van der Waals surface area contributed by atoms with Crippen LogP contribution in [0.3, 0.4) is 0 Å². The van der Waals surface area contributed by atoms with Crippen LogP contribution in [0.2, 0.25) is 0 Å². The lowest BCUT2D eigenvalue weighted by Gasteiger charge is -2.16. The van der Waals surface area contributed by atoms with Crippen molar-refractivity contribution in [3.8, 4) is 0 Å². The van der Waals surface area contributed by atoms with Crippen LogP contribution in [0.4, 0.5) is 0 Å². The molecule has 2 rings (SSSR count). The van der Waals surface area contributed by atoms with Crippen molar-refractivity contribution in [3.05, 3.63) is 48.3 Å². The Morgan fingerprint density at radius 1 is 1.11 bits per heavy atom. The highest BCUT2D eigenvalue weighted by Crippen LogP contribution is 2.26. The molecule has 0 fully saturated rings. The Labute approximate surface area is 118 Å². The van der Waals surface area contributed by atoms with Crippen LogP contribution in [-0.4, -0.2) is 16.5 Å².